The number of carbonyl (C=O) groups excluding carboxylic acids is 1. The fourth-order valence-electron chi connectivity index (χ4n) is 1.25. The number of carboxylic acids is 1. The van der Waals surface area contributed by atoms with Gasteiger partial charge in [-0.25, -0.2) is 4.79 Å². The highest BCUT2D eigenvalue weighted by atomic mass is 79.9. The normalized spacial score (nSPS) is 9.88. The van der Waals surface area contributed by atoms with Crippen LogP contribution in [0.15, 0.2) is 10.5 Å². The SMILES string of the molecule is COc1c(Br)cc(C(=O)C(=O)O)c(OC)c1F. The minimum Gasteiger partial charge on any atom is -0.493 e. The summed E-state index contributed by atoms with van der Waals surface area (Å²) in [6, 6.07) is 1.14. The Morgan fingerprint density at radius 2 is 1.82 bits per heavy atom. The summed E-state index contributed by atoms with van der Waals surface area (Å²) in [4.78, 5) is 21.9. The van der Waals surface area contributed by atoms with E-state index in [9.17, 15) is 14.0 Å². The number of rotatable bonds is 4. The molecular formula is C10H8BrFO5. The van der Waals surface area contributed by atoms with E-state index in [1.807, 2.05) is 0 Å². The lowest BCUT2D eigenvalue weighted by molar-refractivity contribution is -0.131. The van der Waals surface area contributed by atoms with Gasteiger partial charge >= 0.3 is 5.97 Å². The molecule has 5 nitrogen and oxygen atoms in total. The van der Waals surface area contributed by atoms with Crippen molar-refractivity contribution in [3.05, 3.63) is 21.9 Å². The predicted octanol–water partition coefficient (Wildman–Crippen LogP) is 1.87. The van der Waals surface area contributed by atoms with Crippen LogP contribution in [-0.2, 0) is 4.79 Å². The van der Waals surface area contributed by atoms with E-state index in [0.717, 1.165) is 13.2 Å². The summed E-state index contributed by atoms with van der Waals surface area (Å²) in [7, 11) is 2.37. The lowest BCUT2D eigenvalue weighted by atomic mass is 10.1. The maximum atomic E-state index is 13.8. The molecule has 1 aromatic carbocycles. The average Bonchev–Trinajstić information content (AvgIpc) is 2.27. The van der Waals surface area contributed by atoms with Crippen molar-refractivity contribution in [3.8, 4) is 11.5 Å². The largest absolute Gasteiger partial charge is 0.493 e. The molecule has 92 valence electrons. The zero-order chi connectivity index (χ0) is 13.2. The number of aliphatic carboxylic acids is 1. The van der Waals surface area contributed by atoms with Crippen LogP contribution in [0, 0.1) is 5.82 Å². The number of ether oxygens (including phenoxy) is 2. The number of halogens is 2. The molecule has 0 aliphatic heterocycles. The third kappa shape index (κ3) is 2.38. The van der Waals surface area contributed by atoms with Crippen molar-refractivity contribution in [1.82, 2.24) is 0 Å². The molecule has 1 aromatic rings. The number of hydrogen-bond donors (Lipinski definition) is 1. The lowest BCUT2D eigenvalue weighted by Crippen LogP contribution is -2.15. The van der Waals surface area contributed by atoms with Gasteiger partial charge in [0, 0.05) is 0 Å². The number of carboxylic acid groups (broad SMARTS) is 1. The molecule has 0 aliphatic carbocycles. The molecule has 1 rings (SSSR count). The summed E-state index contributed by atoms with van der Waals surface area (Å²) in [5.41, 5.74) is -0.384. The summed E-state index contributed by atoms with van der Waals surface area (Å²) in [5.74, 6) is -4.51. The Bertz CT molecular complexity index is 486. The van der Waals surface area contributed by atoms with E-state index in [0.29, 0.717) is 0 Å². The van der Waals surface area contributed by atoms with Crippen molar-refractivity contribution >= 4 is 27.7 Å². The van der Waals surface area contributed by atoms with Crippen LogP contribution in [0.2, 0.25) is 0 Å². The second kappa shape index (κ2) is 5.13. The fraction of sp³-hybridized carbons (Fsp3) is 0.200. The Kier molecular flexibility index (Phi) is 4.06. The van der Waals surface area contributed by atoms with Crippen molar-refractivity contribution in [2.75, 3.05) is 14.2 Å². The van der Waals surface area contributed by atoms with Gasteiger partial charge in [-0.2, -0.15) is 4.39 Å². The molecule has 0 bridgehead atoms. The van der Waals surface area contributed by atoms with Crippen LogP contribution < -0.4 is 9.47 Å². The van der Waals surface area contributed by atoms with Gasteiger partial charge in [0.15, 0.2) is 11.5 Å². The zero-order valence-corrected chi connectivity index (χ0v) is 10.5. The molecule has 0 atom stereocenters. The van der Waals surface area contributed by atoms with E-state index in [1.54, 1.807) is 0 Å². The summed E-state index contributed by atoms with van der Waals surface area (Å²) < 4.78 is 23.4. The van der Waals surface area contributed by atoms with Crippen LogP contribution in [0.3, 0.4) is 0 Å². The van der Waals surface area contributed by atoms with Crippen LogP contribution in [0.4, 0.5) is 4.39 Å². The zero-order valence-electron chi connectivity index (χ0n) is 8.91. The molecule has 0 unspecified atom stereocenters. The molecule has 0 amide bonds. The van der Waals surface area contributed by atoms with Crippen LogP contribution >= 0.6 is 15.9 Å². The van der Waals surface area contributed by atoms with Gasteiger partial charge in [-0.1, -0.05) is 0 Å². The number of hydrogen-bond acceptors (Lipinski definition) is 4. The second-order valence-electron chi connectivity index (χ2n) is 2.92. The molecule has 17 heavy (non-hydrogen) atoms. The van der Waals surface area contributed by atoms with Crippen LogP contribution in [0.5, 0.6) is 11.5 Å². The van der Waals surface area contributed by atoms with Crippen molar-refractivity contribution in [2.24, 2.45) is 0 Å². The number of Topliss-reactive ketones (excluding diaryl/α,β-unsaturated/α-hetero) is 1. The first-order chi connectivity index (χ1) is 7.93. The Labute approximate surface area is 104 Å². The molecule has 0 heterocycles. The summed E-state index contributed by atoms with van der Waals surface area (Å²) in [6.07, 6.45) is 0. The second-order valence-corrected chi connectivity index (χ2v) is 3.78. The first kappa shape index (κ1) is 13.4. The predicted molar refractivity (Wildman–Crippen MR) is 59.2 cm³/mol. The Morgan fingerprint density at radius 3 is 2.24 bits per heavy atom. The van der Waals surface area contributed by atoms with E-state index in [2.05, 4.69) is 20.7 Å². The summed E-state index contributed by atoms with van der Waals surface area (Å²) >= 11 is 2.97. The monoisotopic (exact) mass is 306 g/mol. The molecule has 0 aliphatic rings. The minimum absolute atomic E-state index is 0.128. The van der Waals surface area contributed by atoms with E-state index >= 15 is 0 Å². The van der Waals surface area contributed by atoms with Gasteiger partial charge in [0.05, 0.1) is 24.3 Å². The number of benzene rings is 1. The Morgan fingerprint density at radius 1 is 1.29 bits per heavy atom. The van der Waals surface area contributed by atoms with Gasteiger partial charge in [0.25, 0.3) is 5.78 Å². The van der Waals surface area contributed by atoms with Crippen molar-refractivity contribution in [1.29, 1.82) is 0 Å². The first-order valence-electron chi connectivity index (χ1n) is 4.31. The van der Waals surface area contributed by atoms with Crippen molar-refractivity contribution in [3.63, 3.8) is 0 Å². The molecule has 0 fully saturated rings. The number of ketones is 1. The Hall–Kier alpha value is -1.63. The van der Waals surface area contributed by atoms with E-state index in [-0.39, 0.29) is 15.8 Å². The van der Waals surface area contributed by atoms with Crippen molar-refractivity contribution in [2.45, 2.75) is 0 Å². The number of carbonyl (C=O) groups is 2. The van der Waals surface area contributed by atoms with E-state index in [4.69, 9.17) is 9.84 Å². The molecular weight excluding hydrogens is 299 g/mol. The standard InChI is InChI=1S/C10H8BrFO5/c1-16-8-4(7(13)10(14)15)3-5(11)9(17-2)6(8)12/h3H,1-2H3,(H,14,15). The average molecular weight is 307 g/mol. The van der Waals surface area contributed by atoms with Crippen molar-refractivity contribution < 1.29 is 28.6 Å². The highest BCUT2D eigenvalue weighted by molar-refractivity contribution is 9.10. The molecule has 0 saturated carbocycles. The third-order valence-electron chi connectivity index (χ3n) is 1.98. The first-order valence-corrected chi connectivity index (χ1v) is 5.10. The molecule has 0 saturated heterocycles. The van der Waals surface area contributed by atoms with Gasteiger partial charge in [-0.15, -0.1) is 0 Å². The smallest absolute Gasteiger partial charge is 0.377 e. The van der Waals surface area contributed by atoms with Gasteiger partial charge in [-0.05, 0) is 22.0 Å². The minimum atomic E-state index is -1.69. The third-order valence-corrected chi connectivity index (χ3v) is 2.57. The van der Waals surface area contributed by atoms with E-state index < -0.39 is 23.3 Å². The highest BCUT2D eigenvalue weighted by Gasteiger charge is 2.26. The quantitative estimate of drug-likeness (QED) is 0.679. The summed E-state index contributed by atoms with van der Waals surface area (Å²) in [5, 5.41) is 8.59. The maximum absolute atomic E-state index is 13.8. The molecule has 7 heteroatoms. The van der Waals surface area contributed by atoms with E-state index in [1.165, 1.54) is 7.11 Å². The van der Waals surface area contributed by atoms with Gasteiger partial charge in [-0.3, -0.25) is 4.79 Å². The van der Waals surface area contributed by atoms with Crippen LogP contribution in [0.1, 0.15) is 10.4 Å². The highest BCUT2D eigenvalue weighted by Crippen LogP contribution is 2.37. The van der Waals surface area contributed by atoms with Gasteiger partial charge in [0.2, 0.25) is 5.82 Å². The molecule has 1 N–H and O–H groups in total. The van der Waals surface area contributed by atoms with Gasteiger partial charge < -0.3 is 14.6 Å². The Balaban J connectivity index is 3.52. The summed E-state index contributed by atoms with van der Waals surface area (Å²) in [6.45, 7) is 0. The molecule has 0 spiro atoms. The topological polar surface area (TPSA) is 72.8 Å². The fourth-order valence-corrected chi connectivity index (χ4v) is 1.82. The van der Waals surface area contributed by atoms with Crippen LogP contribution in [-0.4, -0.2) is 31.1 Å². The lowest BCUT2D eigenvalue weighted by Gasteiger charge is -2.11. The van der Waals surface area contributed by atoms with Gasteiger partial charge in [0.1, 0.15) is 0 Å². The number of methoxy groups -OCH3 is 2. The van der Waals surface area contributed by atoms with Crippen LogP contribution in [0.25, 0.3) is 0 Å². The maximum Gasteiger partial charge on any atom is 0.377 e. The molecule has 0 aromatic heterocycles. The molecule has 0 radical (unpaired) electrons.